The molecule has 1 heterocycles. The van der Waals surface area contributed by atoms with Crippen molar-refractivity contribution in [3.63, 3.8) is 0 Å². The summed E-state index contributed by atoms with van der Waals surface area (Å²) in [6.07, 6.45) is 0.734. The van der Waals surface area contributed by atoms with Crippen LogP contribution in [0.15, 0.2) is 35.4 Å². The molecular weight excluding hydrogens is 553 g/mol. The molecule has 3 rings (SSSR count). The van der Waals surface area contributed by atoms with Gasteiger partial charge in [-0.05, 0) is 71.3 Å². The molecule has 1 aliphatic heterocycles. The molecule has 1 fully saturated rings. The number of benzene rings is 2. The molecule has 0 aromatic heterocycles. The average molecular weight is 569 g/mol. The van der Waals surface area contributed by atoms with Gasteiger partial charge in [0.05, 0.1) is 16.4 Å². The van der Waals surface area contributed by atoms with Gasteiger partial charge in [0, 0.05) is 27.6 Å². The second-order valence-electron chi connectivity index (χ2n) is 6.48. The van der Waals surface area contributed by atoms with Gasteiger partial charge in [-0.15, -0.1) is 0 Å². The molecule has 0 unspecified atom stereocenters. The summed E-state index contributed by atoms with van der Waals surface area (Å²) in [5.41, 5.74) is 8.24. The SMILES string of the molecule is [N-]=[N+]=NC1CCN(S(=O)(=O)Nc2ccc(F)c(F)c2Nc2ccc(I)cc2Cl)CC1. The number of nitrogens with zero attached hydrogens (tertiary/aromatic N) is 4. The third kappa shape index (κ3) is 5.24. The van der Waals surface area contributed by atoms with E-state index >= 15 is 0 Å². The highest BCUT2D eigenvalue weighted by molar-refractivity contribution is 14.1. The zero-order chi connectivity index (χ0) is 21.9. The van der Waals surface area contributed by atoms with E-state index in [1.54, 1.807) is 18.2 Å². The number of halogens is 4. The van der Waals surface area contributed by atoms with Crippen LogP contribution in [0.25, 0.3) is 10.4 Å². The molecule has 30 heavy (non-hydrogen) atoms. The second-order valence-corrected chi connectivity index (χ2v) is 9.80. The van der Waals surface area contributed by atoms with Crippen molar-refractivity contribution in [1.82, 2.24) is 4.31 Å². The molecule has 0 aliphatic carbocycles. The molecule has 0 amide bonds. The zero-order valence-corrected chi connectivity index (χ0v) is 19.0. The van der Waals surface area contributed by atoms with Gasteiger partial charge in [0.15, 0.2) is 11.6 Å². The average Bonchev–Trinajstić information content (AvgIpc) is 2.70. The molecule has 2 N–H and O–H groups in total. The Bertz CT molecular complexity index is 1110. The summed E-state index contributed by atoms with van der Waals surface area (Å²) in [5.74, 6) is -2.39. The lowest BCUT2D eigenvalue weighted by Gasteiger charge is -2.29. The van der Waals surface area contributed by atoms with Crippen molar-refractivity contribution in [1.29, 1.82) is 0 Å². The molecule has 0 atom stereocenters. The Morgan fingerprint density at radius 1 is 1.20 bits per heavy atom. The van der Waals surface area contributed by atoms with Crippen LogP contribution in [0.3, 0.4) is 0 Å². The zero-order valence-electron chi connectivity index (χ0n) is 15.3. The largest absolute Gasteiger partial charge is 0.350 e. The standard InChI is InChI=1S/C17H16ClF2IN6O2S/c18-12-9-10(21)1-3-14(12)23-17-15(4-2-13(19)16(17)20)25-30(28,29)27-7-5-11(6-8-27)24-26-22/h1-4,9,11,23,25H,5-8H2. The summed E-state index contributed by atoms with van der Waals surface area (Å²) in [4.78, 5) is 2.74. The van der Waals surface area contributed by atoms with Crippen LogP contribution < -0.4 is 10.0 Å². The highest BCUT2D eigenvalue weighted by Gasteiger charge is 2.29. The van der Waals surface area contributed by atoms with Gasteiger partial charge in [-0.25, -0.2) is 8.78 Å². The molecule has 160 valence electrons. The summed E-state index contributed by atoms with van der Waals surface area (Å²) in [6.45, 7) is 0.267. The molecule has 8 nitrogen and oxygen atoms in total. The van der Waals surface area contributed by atoms with Crippen LogP contribution in [0.4, 0.5) is 25.8 Å². The number of hydrogen-bond donors (Lipinski definition) is 2. The number of piperidine rings is 1. The van der Waals surface area contributed by atoms with Gasteiger partial charge in [-0.1, -0.05) is 16.7 Å². The summed E-state index contributed by atoms with van der Waals surface area (Å²) in [7, 11) is -4.05. The number of nitrogens with one attached hydrogen (secondary N) is 2. The molecular formula is C17H16ClF2IN6O2S. The maximum absolute atomic E-state index is 14.5. The summed E-state index contributed by atoms with van der Waals surface area (Å²) >= 11 is 8.20. The number of azide groups is 1. The summed E-state index contributed by atoms with van der Waals surface area (Å²) in [5, 5.41) is 6.54. The van der Waals surface area contributed by atoms with E-state index in [0.29, 0.717) is 12.8 Å². The number of rotatable bonds is 6. The van der Waals surface area contributed by atoms with E-state index in [-0.39, 0.29) is 41.2 Å². The molecule has 0 bridgehead atoms. The molecule has 0 radical (unpaired) electrons. The molecule has 0 saturated carbocycles. The normalized spacial score (nSPS) is 15.5. The van der Waals surface area contributed by atoms with Crippen LogP contribution in [0, 0.1) is 15.2 Å². The van der Waals surface area contributed by atoms with Crippen molar-refractivity contribution in [3.8, 4) is 0 Å². The monoisotopic (exact) mass is 568 g/mol. The highest BCUT2D eigenvalue weighted by atomic mass is 127. The molecule has 2 aromatic carbocycles. The van der Waals surface area contributed by atoms with E-state index in [1.165, 1.54) is 4.31 Å². The van der Waals surface area contributed by atoms with Crippen molar-refractivity contribution in [3.05, 3.63) is 61.0 Å². The van der Waals surface area contributed by atoms with E-state index in [4.69, 9.17) is 17.1 Å². The van der Waals surface area contributed by atoms with Crippen LogP contribution in [0.1, 0.15) is 12.8 Å². The highest BCUT2D eigenvalue weighted by Crippen LogP contribution is 2.34. The fourth-order valence-corrected chi connectivity index (χ4v) is 5.13. The lowest BCUT2D eigenvalue weighted by atomic mass is 10.1. The predicted octanol–water partition coefficient (Wildman–Crippen LogP) is 5.40. The first-order chi connectivity index (χ1) is 14.2. The van der Waals surface area contributed by atoms with Crippen molar-refractivity contribution >= 4 is 61.5 Å². The van der Waals surface area contributed by atoms with Crippen molar-refractivity contribution in [2.75, 3.05) is 23.1 Å². The summed E-state index contributed by atoms with van der Waals surface area (Å²) < 4.78 is 58.2. The van der Waals surface area contributed by atoms with Gasteiger partial charge in [0.25, 0.3) is 0 Å². The first-order valence-corrected chi connectivity index (χ1v) is 11.6. The minimum atomic E-state index is -4.05. The molecule has 13 heteroatoms. The first kappa shape index (κ1) is 22.8. The van der Waals surface area contributed by atoms with Crippen LogP contribution in [-0.2, 0) is 10.2 Å². The maximum Gasteiger partial charge on any atom is 0.301 e. The quantitative estimate of drug-likeness (QED) is 0.211. The van der Waals surface area contributed by atoms with Gasteiger partial charge >= 0.3 is 10.2 Å². The van der Waals surface area contributed by atoms with Gasteiger partial charge in [-0.3, -0.25) is 4.72 Å². The van der Waals surface area contributed by atoms with E-state index in [2.05, 4.69) is 42.7 Å². The van der Waals surface area contributed by atoms with Gasteiger partial charge in [-0.2, -0.15) is 12.7 Å². The van der Waals surface area contributed by atoms with E-state index in [0.717, 1.165) is 15.7 Å². The van der Waals surface area contributed by atoms with Crippen molar-refractivity contribution in [2.24, 2.45) is 5.11 Å². The minimum absolute atomic E-state index is 0.133. The van der Waals surface area contributed by atoms with E-state index in [9.17, 15) is 17.2 Å². The summed E-state index contributed by atoms with van der Waals surface area (Å²) in [6, 6.07) is 6.61. The van der Waals surface area contributed by atoms with Gasteiger partial charge < -0.3 is 5.32 Å². The third-order valence-electron chi connectivity index (χ3n) is 4.50. The Hall–Kier alpha value is -1.86. The fourth-order valence-electron chi connectivity index (χ4n) is 2.96. The molecule has 1 saturated heterocycles. The smallest absolute Gasteiger partial charge is 0.301 e. The topological polar surface area (TPSA) is 110 Å². The van der Waals surface area contributed by atoms with E-state index < -0.39 is 21.8 Å². The Labute approximate surface area is 190 Å². The fraction of sp³-hybridized carbons (Fsp3) is 0.294. The van der Waals surface area contributed by atoms with Crippen LogP contribution in [0.5, 0.6) is 0 Å². The Morgan fingerprint density at radius 2 is 1.87 bits per heavy atom. The van der Waals surface area contributed by atoms with Gasteiger partial charge in [0.2, 0.25) is 0 Å². The van der Waals surface area contributed by atoms with Crippen LogP contribution in [-0.4, -0.2) is 31.9 Å². The maximum atomic E-state index is 14.5. The van der Waals surface area contributed by atoms with Gasteiger partial charge in [0.1, 0.15) is 5.69 Å². The van der Waals surface area contributed by atoms with E-state index in [1.807, 2.05) is 0 Å². The first-order valence-electron chi connectivity index (χ1n) is 8.73. The van der Waals surface area contributed by atoms with Crippen LogP contribution >= 0.6 is 34.2 Å². The Kier molecular flexibility index (Phi) is 7.24. The lowest BCUT2D eigenvalue weighted by molar-refractivity contribution is 0.321. The molecule has 2 aromatic rings. The molecule has 0 spiro atoms. The Morgan fingerprint density at radius 3 is 2.50 bits per heavy atom. The molecule has 1 aliphatic rings. The van der Waals surface area contributed by atoms with Crippen molar-refractivity contribution < 1.29 is 17.2 Å². The number of anilines is 3. The second kappa shape index (κ2) is 9.52. The predicted molar refractivity (Wildman–Crippen MR) is 120 cm³/mol. The third-order valence-corrected chi connectivity index (χ3v) is 7.01. The van der Waals surface area contributed by atoms with Crippen molar-refractivity contribution in [2.45, 2.75) is 18.9 Å². The number of hydrogen-bond acceptors (Lipinski definition) is 4. The Balaban J connectivity index is 1.87. The minimum Gasteiger partial charge on any atom is -0.350 e. The van der Waals surface area contributed by atoms with Crippen LogP contribution in [0.2, 0.25) is 5.02 Å². The lowest BCUT2D eigenvalue weighted by Crippen LogP contribution is -2.42.